The normalized spacial score (nSPS) is 12.2. The van der Waals surface area contributed by atoms with Crippen LogP contribution in [0, 0.1) is 0 Å². The molecule has 0 fully saturated rings. The minimum absolute atomic E-state index is 0.00221. The number of rotatable bonds is 13. The molecule has 0 spiro atoms. The summed E-state index contributed by atoms with van der Waals surface area (Å²) in [5.41, 5.74) is 2.63. The van der Waals surface area contributed by atoms with Crippen LogP contribution < -0.4 is 24.2 Å². The van der Waals surface area contributed by atoms with E-state index in [1.54, 1.807) is 32.4 Å². The highest BCUT2D eigenvalue weighted by molar-refractivity contribution is 7.89. The summed E-state index contributed by atoms with van der Waals surface area (Å²) in [5, 5.41) is 2.88. The van der Waals surface area contributed by atoms with Gasteiger partial charge < -0.3 is 19.5 Å². The second kappa shape index (κ2) is 13.3. The number of nitrogens with one attached hydrogen (secondary N) is 2. The minimum atomic E-state index is -4.08. The number of hydrogen-bond donors (Lipinski definition) is 2. The lowest BCUT2D eigenvalue weighted by Crippen LogP contribution is -2.48. The molecule has 1 amide bonds. The average Bonchev–Trinajstić information content (AvgIpc) is 2.92. The third-order valence-electron chi connectivity index (χ3n) is 6.20. The van der Waals surface area contributed by atoms with Crippen molar-refractivity contribution < 1.29 is 27.4 Å². The molecule has 3 rings (SSSR count). The number of hydrogen-bond acceptors (Lipinski definition) is 6. The average molecular weight is 541 g/mol. The zero-order valence-electron chi connectivity index (χ0n) is 22.5. The maximum absolute atomic E-state index is 13.5. The van der Waals surface area contributed by atoms with Gasteiger partial charge in [-0.25, -0.2) is 8.42 Å². The van der Waals surface area contributed by atoms with Crippen LogP contribution in [-0.4, -0.2) is 48.2 Å². The van der Waals surface area contributed by atoms with E-state index in [1.165, 1.54) is 7.11 Å². The van der Waals surface area contributed by atoms with E-state index in [9.17, 15) is 13.2 Å². The van der Waals surface area contributed by atoms with Crippen molar-refractivity contribution in [2.24, 2.45) is 0 Å². The fraction of sp³-hybridized carbons (Fsp3) is 0.345. The predicted molar refractivity (Wildman–Crippen MR) is 148 cm³/mol. The second-order valence-corrected chi connectivity index (χ2v) is 10.8. The molecular weight excluding hydrogens is 504 g/mol. The van der Waals surface area contributed by atoms with Crippen LogP contribution in [0.4, 0.5) is 0 Å². The summed E-state index contributed by atoms with van der Waals surface area (Å²) in [4.78, 5) is 13.3. The third-order valence-corrected chi connectivity index (χ3v) is 7.69. The number of carbonyl (C=O) groups excluding carboxylic acids is 1. The van der Waals surface area contributed by atoms with Gasteiger partial charge >= 0.3 is 0 Å². The predicted octanol–water partition coefficient (Wildman–Crippen LogP) is 4.08. The van der Waals surface area contributed by atoms with Crippen molar-refractivity contribution in [2.45, 2.75) is 43.5 Å². The van der Waals surface area contributed by atoms with E-state index >= 15 is 0 Å². The maximum Gasteiger partial charge on any atom is 0.245 e. The summed E-state index contributed by atoms with van der Waals surface area (Å²) in [6.45, 7) is 4.28. The second-order valence-electron chi connectivity index (χ2n) is 9.16. The summed E-state index contributed by atoms with van der Waals surface area (Å²) < 4.78 is 45.6. The molecule has 1 atom stereocenters. The van der Waals surface area contributed by atoms with Gasteiger partial charge in [0.15, 0.2) is 11.5 Å². The molecule has 38 heavy (non-hydrogen) atoms. The van der Waals surface area contributed by atoms with E-state index in [4.69, 9.17) is 14.2 Å². The molecule has 9 heteroatoms. The first-order valence-corrected chi connectivity index (χ1v) is 13.9. The standard InChI is InChI=1S/C29H36N2O6S/c1-20(2)23-12-14-26(36-4)28(19-23)38(33,34)31-24(17-21-9-7-6-8-10-21)29(32)30-16-15-22-11-13-25(35-3)27(18-22)37-5/h6-14,18-20,24,31H,15-17H2,1-5H3,(H,30,32). The molecule has 3 aromatic carbocycles. The van der Waals surface area contributed by atoms with Gasteiger partial charge in [0.25, 0.3) is 0 Å². The van der Waals surface area contributed by atoms with Crippen LogP contribution in [0.2, 0.25) is 0 Å². The summed E-state index contributed by atoms with van der Waals surface area (Å²) in [7, 11) is 0.474. The van der Waals surface area contributed by atoms with E-state index < -0.39 is 22.0 Å². The highest BCUT2D eigenvalue weighted by Crippen LogP contribution is 2.29. The number of sulfonamides is 1. The van der Waals surface area contributed by atoms with Crippen LogP contribution >= 0.6 is 0 Å². The number of ether oxygens (including phenoxy) is 3. The number of benzene rings is 3. The van der Waals surface area contributed by atoms with Crippen molar-refractivity contribution in [2.75, 3.05) is 27.9 Å². The quantitative estimate of drug-likeness (QED) is 0.339. The van der Waals surface area contributed by atoms with E-state index in [-0.39, 0.29) is 23.0 Å². The van der Waals surface area contributed by atoms with Crippen LogP contribution in [0.25, 0.3) is 0 Å². The molecule has 0 aliphatic carbocycles. The Bertz CT molecular complexity index is 1330. The van der Waals surface area contributed by atoms with Crippen molar-refractivity contribution in [3.8, 4) is 17.2 Å². The summed E-state index contributed by atoms with van der Waals surface area (Å²) in [6, 6.07) is 18.9. The summed E-state index contributed by atoms with van der Waals surface area (Å²) in [6.07, 6.45) is 0.718. The Balaban J connectivity index is 1.80. The van der Waals surface area contributed by atoms with E-state index in [0.717, 1.165) is 16.7 Å². The lowest BCUT2D eigenvalue weighted by molar-refractivity contribution is -0.122. The molecule has 204 valence electrons. The summed E-state index contributed by atoms with van der Waals surface area (Å²) >= 11 is 0. The number of amides is 1. The Morgan fingerprint density at radius 1 is 0.816 bits per heavy atom. The first kappa shape index (κ1) is 29.0. The molecule has 2 N–H and O–H groups in total. The smallest absolute Gasteiger partial charge is 0.245 e. The van der Waals surface area contributed by atoms with Crippen LogP contribution in [0.5, 0.6) is 17.2 Å². The summed E-state index contributed by atoms with van der Waals surface area (Å²) in [5.74, 6) is 1.14. The SMILES string of the molecule is COc1ccc(CCNC(=O)C(Cc2ccccc2)NS(=O)(=O)c2cc(C(C)C)ccc2OC)cc1OC. The largest absolute Gasteiger partial charge is 0.495 e. The highest BCUT2D eigenvalue weighted by Gasteiger charge is 2.28. The maximum atomic E-state index is 13.5. The van der Waals surface area contributed by atoms with Crippen LogP contribution in [0.1, 0.15) is 36.5 Å². The van der Waals surface area contributed by atoms with E-state index in [2.05, 4.69) is 10.0 Å². The fourth-order valence-corrected chi connectivity index (χ4v) is 5.44. The molecule has 1 unspecified atom stereocenters. The van der Waals surface area contributed by atoms with Gasteiger partial charge in [0, 0.05) is 6.54 Å². The molecule has 0 heterocycles. The van der Waals surface area contributed by atoms with Crippen LogP contribution in [0.3, 0.4) is 0 Å². The molecule has 0 saturated heterocycles. The van der Waals surface area contributed by atoms with Crippen molar-refractivity contribution in [3.63, 3.8) is 0 Å². The molecule has 3 aromatic rings. The van der Waals surface area contributed by atoms with Gasteiger partial charge in [-0.05, 0) is 59.7 Å². The molecule has 0 bridgehead atoms. The first-order chi connectivity index (χ1) is 18.2. The Kier molecular flexibility index (Phi) is 10.2. The third kappa shape index (κ3) is 7.49. The number of methoxy groups -OCH3 is 3. The van der Waals surface area contributed by atoms with E-state index in [1.807, 2.05) is 62.4 Å². The van der Waals surface area contributed by atoms with Gasteiger partial charge in [0.2, 0.25) is 15.9 Å². The first-order valence-electron chi connectivity index (χ1n) is 12.4. The molecule has 0 saturated carbocycles. The van der Waals surface area contributed by atoms with Gasteiger partial charge in [-0.1, -0.05) is 56.3 Å². The fourth-order valence-electron chi connectivity index (χ4n) is 4.04. The Morgan fingerprint density at radius 2 is 1.47 bits per heavy atom. The van der Waals surface area contributed by atoms with E-state index in [0.29, 0.717) is 24.5 Å². The Labute approximate surface area is 225 Å². The minimum Gasteiger partial charge on any atom is -0.495 e. The lowest BCUT2D eigenvalue weighted by atomic mass is 10.0. The molecule has 8 nitrogen and oxygen atoms in total. The monoisotopic (exact) mass is 540 g/mol. The van der Waals surface area contributed by atoms with Crippen molar-refractivity contribution >= 4 is 15.9 Å². The van der Waals surface area contributed by atoms with Crippen molar-refractivity contribution in [3.05, 3.63) is 83.4 Å². The molecule has 0 aliphatic rings. The van der Waals surface area contributed by atoms with Gasteiger partial charge in [-0.2, -0.15) is 4.72 Å². The van der Waals surface area contributed by atoms with Crippen LogP contribution in [0.15, 0.2) is 71.6 Å². The van der Waals surface area contributed by atoms with Crippen molar-refractivity contribution in [1.29, 1.82) is 0 Å². The lowest BCUT2D eigenvalue weighted by Gasteiger charge is -2.20. The van der Waals surface area contributed by atoms with Gasteiger partial charge in [-0.3, -0.25) is 4.79 Å². The molecule has 0 radical (unpaired) electrons. The Hall–Kier alpha value is -3.56. The van der Waals surface area contributed by atoms with Crippen LogP contribution in [-0.2, 0) is 27.7 Å². The number of carbonyl (C=O) groups is 1. The topological polar surface area (TPSA) is 103 Å². The van der Waals surface area contributed by atoms with Gasteiger partial charge in [-0.15, -0.1) is 0 Å². The zero-order chi connectivity index (χ0) is 27.7. The van der Waals surface area contributed by atoms with Gasteiger partial charge in [0.05, 0.1) is 21.3 Å². The van der Waals surface area contributed by atoms with Gasteiger partial charge in [0.1, 0.15) is 16.7 Å². The molecule has 0 aliphatic heterocycles. The van der Waals surface area contributed by atoms with Crippen molar-refractivity contribution in [1.82, 2.24) is 10.0 Å². The Morgan fingerprint density at radius 3 is 2.11 bits per heavy atom. The highest BCUT2D eigenvalue weighted by atomic mass is 32.2. The molecular formula is C29H36N2O6S. The zero-order valence-corrected chi connectivity index (χ0v) is 23.3. The molecule has 0 aromatic heterocycles.